The van der Waals surface area contributed by atoms with Crippen molar-refractivity contribution in [2.24, 2.45) is 4.99 Å². The lowest BCUT2D eigenvalue weighted by Gasteiger charge is -2.27. The average molecular weight is 652 g/mol. The highest BCUT2D eigenvalue weighted by molar-refractivity contribution is 8.16. The molecule has 2 aromatic carbocycles. The standard InChI is InChI=1S/C27H27F6N3O5S2/c1-25(2,3)41-24(38)34-19(9-15-7-5-4-6-8-15)22(37)35-23-36(20-13-43(39,40)14-21(20)42-23)18-11-16(26(28,29)30)10-17(12-18)27(31,32)33/h4-8,10-12,19-21H,9,13-14H2,1-3H3,(H,34,38). The van der Waals surface area contributed by atoms with Gasteiger partial charge in [-0.15, -0.1) is 0 Å². The predicted molar refractivity (Wildman–Crippen MR) is 148 cm³/mol. The summed E-state index contributed by atoms with van der Waals surface area (Å²) in [5.74, 6) is -1.95. The monoisotopic (exact) mass is 651 g/mol. The van der Waals surface area contributed by atoms with E-state index in [1.54, 1.807) is 51.1 Å². The van der Waals surface area contributed by atoms with E-state index in [2.05, 4.69) is 10.3 Å². The number of hydrogen-bond donors (Lipinski definition) is 1. The summed E-state index contributed by atoms with van der Waals surface area (Å²) < 4.78 is 112. The van der Waals surface area contributed by atoms with Crippen LogP contribution in [0.5, 0.6) is 0 Å². The zero-order valence-corrected chi connectivity index (χ0v) is 24.6. The summed E-state index contributed by atoms with van der Waals surface area (Å²) in [5, 5.41) is 1.33. The quantitative estimate of drug-likeness (QED) is 0.428. The summed E-state index contributed by atoms with van der Waals surface area (Å²) in [7, 11) is -3.69. The van der Waals surface area contributed by atoms with Crippen molar-refractivity contribution < 1.29 is 49.1 Å². The lowest BCUT2D eigenvalue weighted by atomic mass is 10.1. The molecule has 2 heterocycles. The highest BCUT2D eigenvalue weighted by Gasteiger charge is 2.50. The molecule has 0 aliphatic carbocycles. The second-order valence-corrected chi connectivity index (χ2v) is 14.4. The van der Waals surface area contributed by atoms with E-state index in [-0.39, 0.29) is 17.7 Å². The maximum atomic E-state index is 13.6. The molecule has 3 unspecified atom stereocenters. The molecule has 234 valence electrons. The minimum absolute atomic E-state index is 0.0435. The number of alkyl halides is 6. The molecular weight excluding hydrogens is 624 g/mol. The molecule has 2 saturated heterocycles. The van der Waals surface area contributed by atoms with Gasteiger partial charge in [0, 0.05) is 17.4 Å². The Balaban J connectivity index is 1.78. The molecule has 8 nitrogen and oxygen atoms in total. The van der Waals surface area contributed by atoms with Crippen LogP contribution in [0.4, 0.5) is 36.8 Å². The molecule has 3 atom stereocenters. The van der Waals surface area contributed by atoms with Gasteiger partial charge in [0.1, 0.15) is 11.6 Å². The summed E-state index contributed by atoms with van der Waals surface area (Å²) in [6.45, 7) is 4.81. The normalized spacial score (nSPS) is 21.9. The van der Waals surface area contributed by atoms with Gasteiger partial charge >= 0.3 is 18.4 Å². The van der Waals surface area contributed by atoms with Gasteiger partial charge in [-0.25, -0.2) is 13.2 Å². The molecule has 4 rings (SSSR count). The van der Waals surface area contributed by atoms with Crippen molar-refractivity contribution in [2.75, 3.05) is 16.4 Å². The molecule has 2 aliphatic rings. The predicted octanol–water partition coefficient (Wildman–Crippen LogP) is 5.46. The van der Waals surface area contributed by atoms with E-state index in [4.69, 9.17) is 4.74 Å². The fraction of sp³-hybridized carbons (Fsp3) is 0.444. The largest absolute Gasteiger partial charge is 0.444 e. The average Bonchev–Trinajstić information content (AvgIpc) is 3.32. The van der Waals surface area contributed by atoms with Crippen LogP contribution in [-0.4, -0.2) is 60.0 Å². The Kier molecular flexibility index (Phi) is 8.86. The number of ether oxygens (including phenoxy) is 1. The maximum absolute atomic E-state index is 13.6. The van der Waals surface area contributed by atoms with Gasteiger partial charge in [-0.2, -0.15) is 31.3 Å². The minimum atomic E-state index is -5.16. The van der Waals surface area contributed by atoms with Gasteiger partial charge in [-0.05, 0) is 44.5 Å². The van der Waals surface area contributed by atoms with Crippen molar-refractivity contribution in [1.29, 1.82) is 0 Å². The first-order valence-corrected chi connectivity index (χ1v) is 15.5. The number of nitrogens with zero attached hydrogens (tertiary/aromatic N) is 2. The lowest BCUT2D eigenvalue weighted by Crippen LogP contribution is -2.45. The van der Waals surface area contributed by atoms with E-state index in [1.807, 2.05) is 0 Å². The molecular formula is C27H27F6N3O5S2. The molecule has 0 aromatic heterocycles. The van der Waals surface area contributed by atoms with Crippen LogP contribution in [0, 0.1) is 0 Å². The van der Waals surface area contributed by atoms with E-state index in [9.17, 15) is 44.3 Å². The van der Waals surface area contributed by atoms with E-state index >= 15 is 0 Å². The Hall–Kier alpha value is -3.27. The number of alkyl carbamates (subject to hydrolysis) is 1. The summed E-state index contributed by atoms with van der Waals surface area (Å²) in [4.78, 5) is 31.0. The van der Waals surface area contributed by atoms with Gasteiger partial charge in [0.15, 0.2) is 15.0 Å². The van der Waals surface area contributed by atoms with Crippen LogP contribution in [0.1, 0.15) is 37.5 Å². The third kappa shape index (κ3) is 8.22. The molecule has 2 aliphatic heterocycles. The van der Waals surface area contributed by atoms with E-state index < -0.39 is 85.4 Å². The van der Waals surface area contributed by atoms with Gasteiger partial charge in [0.05, 0.1) is 28.7 Å². The Labute approximate surface area is 247 Å². The lowest BCUT2D eigenvalue weighted by molar-refractivity contribution is -0.143. The molecule has 2 fully saturated rings. The summed E-state index contributed by atoms with van der Waals surface area (Å²) in [5.41, 5.74) is -4.14. The SMILES string of the molecule is CC(C)(C)OC(=O)NC(Cc1ccccc1)C(=O)N=C1SC2CS(=O)(=O)CC2N1c1cc(C(F)(F)F)cc(C(F)(F)F)c1. The summed E-state index contributed by atoms with van der Waals surface area (Å²) >= 11 is 0.764. The minimum Gasteiger partial charge on any atom is -0.444 e. The number of carbonyl (C=O) groups excluding carboxylic acids is 2. The molecule has 0 bridgehead atoms. The number of amides is 2. The third-order valence-electron chi connectivity index (χ3n) is 6.39. The van der Waals surface area contributed by atoms with Crippen molar-refractivity contribution >= 4 is 44.5 Å². The molecule has 0 saturated carbocycles. The Morgan fingerprint density at radius 2 is 1.58 bits per heavy atom. The number of sulfone groups is 1. The highest BCUT2D eigenvalue weighted by Crippen LogP contribution is 2.44. The molecule has 2 aromatic rings. The van der Waals surface area contributed by atoms with Crippen molar-refractivity contribution in [2.45, 2.75) is 62.5 Å². The van der Waals surface area contributed by atoms with E-state index in [0.717, 1.165) is 16.7 Å². The van der Waals surface area contributed by atoms with Gasteiger partial charge < -0.3 is 15.0 Å². The van der Waals surface area contributed by atoms with Crippen LogP contribution in [0.3, 0.4) is 0 Å². The van der Waals surface area contributed by atoms with Crippen LogP contribution in [0.15, 0.2) is 53.5 Å². The zero-order chi connectivity index (χ0) is 32.0. The first-order valence-electron chi connectivity index (χ1n) is 12.8. The Morgan fingerprint density at radius 1 is 1.00 bits per heavy atom. The first kappa shape index (κ1) is 32.6. The number of carbonyl (C=O) groups is 2. The molecule has 2 amide bonds. The molecule has 16 heteroatoms. The fourth-order valence-electron chi connectivity index (χ4n) is 4.62. The third-order valence-corrected chi connectivity index (χ3v) is 9.60. The number of amidine groups is 1. The molecule has 0 radical (unpaired) electrons. The second-order valence-electron chi connectivity index (χ2n) is 11.1. The van der Waals surface area contributed by atoms with E-state index in [0.29, 0.717) is 17.7 Å². The summed E-state index contributed by atoms with van der Waals surface area (Å²) in [6.07, 6.45) is -11.3. The number of halogens is 6. The van der Waals surface area contributed by atoms with Crippen LogP contribution < -0.4 is 10.2 Å². The van der Waals surface area contributed by atoms with Crippen LogP contribution in [0.25, 0.3) is 0 Å². The smallest absolute Gasteiger partial charge is 0.416 e. The Bertz CT molecular complexity index is 1490. The molecule has 43 heavy (non-hydrogen) atoms. The van der Waals surface area contributed by atoms with Crippen molar-refractivity contribution in [3.8, 4) is 0 Å². The second kappa shape index (κ2) is 11.7. The van der Waals surface area contributed by atoms with Crippen molar-refractivity contribution in [3.63, 3.8) is 0 Å². The summed E-state index contributed by atoms with van der Waals surface area (Å²) in [6, 6.07) is 6.93. The van der Waals surface area contributed by atoms with Gasteiger partial charge in [0.2, 0.25) is 0 Å². The number of fused-ring (bicyclic) bond motifs is 1. The van der Waals surface area contributed by atoms with Crippen LogP contribution in [-0.2, 0) is 38.1 Å². The Morgan fingerprint density at radius 3 is 2.12 bits per heavy atom. The molecule has 0 spiro atoms. The van der Waals surface area contributed by atoms with Crippen molar-refractivity contribution in [3.05, 3.63) is 65.2 Å². The van der Waals surface area contributed by atoms with Gasteiger partial charge in [-0.3, -0.25) is 4.79 Å². The fourth-order valence-corrected chi connectivity index (χ4v) is 8.54. The number of nitrogens with one attached hydrogen (secondary N) is 1. The number of anilines is 1. The number of benzene rings is 2. The van der Waals surface area contributed by atoms with E-state index in [1.165, 1.54) is 0 Å². The van der Waals surface area contributed by atoms with Crippen molar-refractivity contribution in [1.82, 2.24) is 5.32 Å². The maximum Gasteiger partial charge on any atom is 0.416 e. The number of rotatable bonds is 5. The van der Waals surface area contributed by atoms with Gasteiger partial charge in [0.25, 0.3) is 5.91 Å². The zero-order valence-electron chi connectivity index (χ0n) is 23.0. The number of hydrogen-bond acceptors (Lipinski definition) is 6. The van der Waals surface area contributed by atoms with Crippen LogP contribution in [0.2, 0.25) is 0 Å². The first-order chi connectivity index (χ1) is 19.7. The number of aliphatic imine (C=N–C) groups is 1. The van der Waals surface area contributed by atoms with Gasteiger partial charge in [-0.1, -0.05) is 42.1 Å². The molecule has 1 N–H and O–H groups in total. The highest BCUT2D eigenvalue weighted by atomic mass is 32.2. The number of thioether (sulfide) groups is 1. The topological polar surface area (TPSA) is 105 Å². The van der Waals surface area contributed by atoms with Crippen LogP contribution >= 0.6 is 11.8 Å².